The van der Waals surface area contributed by atoms with Crippen molar-refractivity contribution in [2.75, 3.05) is 31.1 Å². The van der Waals surface area contributed by atoms with Crippen LogP contribution in [0, 0.1) is 11.2 Å². The van der Waals surface area contributed by atoms with Gasteiger partial charge in [0.25, 0.3) is 0 Å². The van der Waals surface area contributed by atoms with E-state index in [0.29, 0.717) is 11.4 Å². The molecule has 128 valence electrons. The first-order valence-electron chi connectivity index (χ1n) is 8.55. The Bertz CT molecular complexity index is 699. The molecule has 0 aromatic carbocycles. The highest BCUT2D eigenvalue weighted by molar-refractivity contribution is 5.30. The van der Waals surface area contributed by atoms with Crippen LogP contribution in [0.2, 0.25) is 0 Å². The van der Waals surface area contributed by atoms with Gasteiger partial charge in [-0.25, -0.2) is 19.3 Å². The normalized spacial score (nSPS) is 24.8. The predicted octanol–water partition coefficient (Wildman–Crippen LogP) is 1.84. The molecule has 2 saturated heterocycles. The average molecular weight is 330 g/mol. The Morgan fingerprint density at radius 3 is 2.71 bits per heavy atom. The second-order valence-corrected chi connectivity index (χ2v) is 7.14. The van der Waals surface area contributed by atoms with Crippen LogP contribution in [0.4, 0.5) is 10.3 Å². The number of hydrogen-bond acceptors (Lipinski definition) is 5. The van der Waals surface area contributed by atoms with Crippen LogP contribution in [0.3, 0.4) is 0 Å². The SMILES string of the molecule is Cn1ccnc1CN1CC[C@]2(CCCN(c3ncc(F)cn3)C2)C1. The van der Waals surface area contributed by atoms with Gasteiger partial charge in [-0.2, -0.15) is 0 Å². The first-order valence-corrected chi connectivity index (χ1v) is 8.55. The number of rotatable bonds is 3. The Morgan fingerprint density at radius 1 is 1.12 bits per heavy atom. The van der Waals surface area contributed by atoms with Gasteiger partial charge in [0.15, 0.2) is 5.82 Å². The predicted molar refractivity (Wildman–Crippen MR) is 89.0 cm³/mol. The maximum absolute atomic E-state index is 13.1. The molecular formula is C17H23FN6. The Kier molecular flexibility index (Phi) is 3.96. The first-order chi connectivity index (χ1) is 11.6. The van der Waals surface area contributed by atoms with Crippen molar-refractivity contribution in [2.45, 2.75) is 25.8 Å². The second kappa shape index (κ2) is 6.12. The van der Waals surface area contributed by atoms with Crippen LogP contribution in [0.1, 0.15) is 25.1 Å². The van der Waals surface area contributed by atoms with E-state index in [9.17, 15) is 4.39 Å². The summed E-state index contributed by atoms with van der Waals surface area (Å²) >= 11 is 0. The molecule has 1 spiro atoms. The van der Waals surface area contributed by atoms with E-state index in [1.807, 2.05) is 19.4 Å². The van der Waals surface area contributed by atoms with Gasteiger partial charge in [0.05, 0.1) is 18.9 Å². The van der Waals surface area contributed by atoms with Gasteiger partial charge in [0, 0.05) is 44.5 Å². The van der Waals surface area contributed by atoms with Gasteiger partial charge in [-0.3, -0.25) is 4.90 Å². The maximum Gasteiger partial charge on any atom is 0.225 e. The zero-order valence-electron chi connectivity index (χ0n) is 14.0. The molecule has 4 heterocycles. The third-order valence-electron chi connectivity index (χ3n) is 5.35. The number of anilines is 1. The smallest absolute Gasteiger partial charge is 0.225 e. The summed E-state index contributed by atoms with van der Waals surface area (Å²) in [4.78, 5) is 17.5. The van der Waals surface area contributed by atoms with Crippen molar-refractivity contribution in [3.8, 4) is 0 Å². The molecule has 6 nitrogen and oxygen atoms in total. The third kappa shape index (κ3) is 3.00. The molecule has 0 aliphatic carbocycles. The summed E-state index contributed by atoms with van der Waals surface area (Å²) < 4.78 is 15.1. The van der Waals surface area contributed by atoms with Crippen molar-refractivity contribution in [1.82, 2.24) is 24.4 Å². The molecule has 0 saturated carbocycles. The van der Waals surface area contributed by atoms with Crippen molar-refractivity contribution in [1.29, 1.82) is 0 Å². The lowest BCUT2D eigenvalue weighted by atomic mass is 9.79. The van der Waals surface area contributed by atoms with E-state index in [-0.39, 0.29) is 5.82 Å². The lowest BCUT2D eigenvalue weighted by Gasteiger charge is -2.40. The fourth-order valence-electron chi connectivity index (χ4n) is 4.09. The maximum atomic E-state index is 13.1. The van der Waals surface area contributed by atoms with Gasteiger partial charge in [0.1, 0.15) is 5.82 Å². The molecule has 1 atom stereocenters. The second-order valence-electron chi connectivity index (χ2n) is 7.14. The van der Waals surface area contributed by atoms with E-state index in [1.165, 1.54) is 25.2 Å². The van der Waals surface area contributed by atoms with Crippen molar-refractivity contribution in [3.05, 3.63) is 36.4 Å². The number of nitrogens with zero attached hydrogens (tertiary/aromatic N) is 6. The summed E-state index contributed by atoms with van der Waals surface area (Å²) in [5, 5.41) is 0. The number of aryl methyl sites for hydroxylation is 1. The van der Waals surface area contributed by atoms with Gasteiger partial charge in [-0.1, -0.05) is 0 Å². The van der Waals surface area contributed by atoms with E-state index >= 15 is 0 Å². The molecule has 2 aliphatic rings. The zero-order chi connectivity index (χ0) is 16.6. The number of hydrogen-bond donors (Lipinski definition) is 0. The number of piperidine rings is 1. The lowest BCUT2D eigenvalue weighted by Crippen LogP contribution is -2.45. The number of likely N-dealkylation sites (tertiary alicyclic amines) is 1. The number of aromatic nitrogens is 4. The summed E-state index contributed by atoms with van der Waals surface area (Å²) in [6.07, 6.45) is 9.93. The summed E-state index contributed by atoms with van der Waals surface area (Å²) in [6, 6.07) is 0. The third-order valence-corrected chi connectivity index (χ3v) is 5.35. The molecule has 24 heavy (non-hydrogen) atoms. The fourth-order valence-corrected chi connectivity index (χ4v) is 4.09. The van der Waals surface area contributed by atoms with Crippen molar-refractivity contribution < 1.29 is 4.39 Å². The lowest BCUT2D eigenvalue weighted by molar-refractivity contribution is 0.212. The Morgan fingerprint density at radius 2 is 1.96 bits per heavy atom. The van der Waals surface area contributed by atoms with E-state index < -0.39 is 0 Å². The number of imidazole rings is 1. The minimum Gasteiger partial charge on any atom is -0.340 e. The molecule has 7 heteroatoms. The van der Waals surface area contributed by atoms with E-state index in [0.717, 1.165) is 45.0 Å². The topological polar surface area (TPSA) is 50.1 Å². The molecule has 0 amide bonds. The fraction of sp³-hybridized carbons (Fsp3) is 0.588. The molecule has 0 bridgehead atoms. The first kappa shape index (κ1) is 15.5. The van der Waals surface area contributed by atoms with Crippen molar-refractivity contribution >= 4 is 5.95 Å². The highest BCUT2D eigenvalue weighted by Crippen LogP contribution is 2.40. The molecule has 2 fully saturated rings. The van der Waals surface area contributed by atoms with Crippen LogP contribution >= 0.6 is 0 Å². The summed E-state index contributed by atoms with van der Waals surface area (Å²) in [5.41, 5.74) is 0.293. The van der Waals surface area contributed by atoms with Crippen LogP contribution in [0.5, 0.6) is 0 Å². The molecule has 0 unspecified atom stereocenters. The van der Waals surface area contributed by atoms with Crippen LogP contribution in [-0.2, 0) is 13.6 Å². The zero-order valence-corrected chi connectivity index (χ0v) is 14.0. The van der Waals surface area contributed by atoms with E-state index in [1.54, 1.807) is 0 Å². The van der Waals surface area contributed by atoms with Crippen LogP contribution in [0.15, 0.2) is 24.8 Å². The van der Waals surface area contributed by atoms with Gasteiger partial charge in [-0.15, -0.1) is 0 Å². The summed E-state index contributed by atoms with van der Waals surface area (Å²) in [6.45, 7) is 4.99. The highest BCUT2D eigenvalue weighted by atomic mass is 19.1. The minimum absolute atomic E-state index is 0.293. The standard InChI is InChI=1S/C17H23FN6/c1-22-8-5-19-15(22)11-23-7-4-17(12-23)3-2-6-24(13-17)16-20-9-14(18)10-21-16/h5,8-10H,2-4,6-7,11-13H2,1H3/t17-/m1/s1. The molecule has 4 rings (SSSR count). The molecule has 2 aromatic rings. The van der Waals surface area contributed by atoms with Crippen molar-refractivity contribution in [2.24, 2.45) is 12.5 Å². The largest absolute Gasteiger partial charge is 0.340 e. The Labute approximate surface area is 141 Å². The molecule has 2 aliphatic heterocycles. The molecule has 0 radical (unpaired) electrons. The average Bonchev–Trinajstić information content (AvgIpc) is 3.16. The monoisotopic (exact) mass is 330 g/mol. The van der Waals surface area contributed by atoms with Crippen molar-refractivity contribution in [3.63, 3.8) is 0 Å². The van der Waals surface area contributed by atoms with Gasteiger partial charge in [0.2, 0.25) is 5.95 Å². The minimum atomic E-state index is -0.382. The summed E-state index contributed by atoms with van der Waals surface area (Å²) in [7, 11) is 2.04. The van der Waals surface area contributed by atoms with Crippen LogP contribution in [0.25, 0.3) is 0 Å². The summed E-state index contributed by atoms with van der Waals surface area (Å²) in [5.74, 6) is 1.38. The molecular weight excluding hydrogens is 307 g/mol. The Hall–Kier alpha value is -2.02. The quantitative estimate of drug-likeness (QED) is 0.859. The van der Waals surface area contributed by atoms with E-state index in [2.05, 4.69) is 29.3 Å². The molecule has 2 aromatic heterocycles. The van der Waals surface area contributed by atoms with E-state index in [4.69, 9.17) is 0 Å². The van der Waals surface area contributed by atoms with Gasteiger partial charge < -0.3 is 9.47 Å². The molecule has 0 N–H and O–H groups in total. The van der Waals surface area contributed by atoms with Crippen LogP contribution < -0.4 is 4.90 Å². The highest BCUT2D eigenvalue weighted by Gasteiger charge is 2.42. The van der Waals surface area contributed by atoms with Gasteiger partial charge in [-0.05, 0) is 25.8 Å². The number of halogens is 1. The van der Waals surface area contributed by atoms with Crippen LogP contribution in [-0.4, -0.2) is 50.6 Å². The Balaban J connectivity index is 1.44. The van der Waals surface area contributed by atoms with Gasteiger partial charge >= 0.3 is 0 Å².